The van der Waals surface area contributed by atoms with Crippen molar-refractivity contribution in [3.63, 3.8) is 0 Å². The van der Waals surface area contributed by atoms with E-state index < -0.39 is 0 Å². The van der Waals surface area contributed by atoms with Gasteiger partial charge in [-0.1, -0.05) is 12.1 Å². The number of esters is 1. The van der Waals surface area contributed by atoms with E-state index in [-0.39, 0.29) is 5.97 Å². The third kappa shape index (κ3) is 2.82. The molecule has 0 amide bonds. The molecule has 1 saturated heterocycles. The second-order valence-electron chi connectivity index (χ2n) is 4.77. The molecule has 1 fully saturated rings. The Morgan fingerprint density at radius 3 is 2.83 bits per heavy atom. The lowest BCUT2D eigenvalue weighted by atomic mass is 9.88. The molecule has 0 aromatic heterocycles. The molecule has 4 heteroatoms. The molecular weight excluding hydrogens is 228 g/mol. The Kier molecular flexibility index (Phi) is 4.20. The minimum atomic E-state index is -0.336. The number of hydrogen-bond acceptors (Lipinski definition) is 4. The molecule has 0 saturated carbocycles. The molecule has 3 N–H and O–H groups in total. The number of rotatable bonds is 3. The molecule has 4 nitrogen and oxygen atoms in total. The van der Waals surface area contributed by atoms with Crippen LogP contribution in [0.3, 0.4) is 0 Å². The summed E-state index contributed by atoms with van der Waals surface area (Å²) in [6.07, 6.45) is 3.20. The first-order chi connectivity index (χ1) is 8.72. The van der Waals surface area contributed by atoms with Crippen LogP contribution >= 0.6 is 0 Å². The monoisotopic (exact) mass is 248 g/mol. The molecule has 98 valence electrons. The normalized spacial score (nSPS) is 16.5. The number of nitrogens with two attached hydrogens (primary N) is 1. The summed E-state index contributed by atoms with van der Waals surface area (Å²) in [5.74, 6) is 0.286. The summed E-state index contributed by atoms with van der Waals surface area (Å²) in [5, 5.41) is 3.34. The third-order valence-corrected chi connectivity index (χ3v) is 3.54. The number of benzene rings is 1. The van der Waals surface area contributed by atoms with Crippen LogP contribution in [-0.4, -0.2) is 26.2 Å². The minimum absolute atomic E-state index is 0.336. The third-order valence-electron chi connectivity index (χ3n) is 3.54. The zero-order valence-corrected chi connectivity index (χ0v) is 10.7. The molecule has 1 aliphatic heterocycles. The number of nitrogens with one attached hydrogen (secondary N) is 1. The fourth-order valence-corrected chi connectivity index (χ4v) is 2.54. The standard InChI is InChI=1S/C14H20N2O2/c1-18-14(17)13-11(3-2-4-12(13)15)9-10-5-7-16-8-6-10/h2-4,10,16H,5-9,15H2,1H3. The first-order valence-corrected chi connectivity index (χ1v) is 6.38. The smallest absolute Gasteiger partial charge is 0.340 e. The first-order valence-electron chi connectivity index (χ1n) is 6.38. The second kappa shape index (κ2) is 5.87. The maximum absolute atomic E-state index is 11.8. The van der Waals surface area contributed by atoms with Gasteiger partial charge in [0.25, 0.3) is 0 Å². The van der Waals surface area contributed by atoms with Gasteiger partial charge in [-0.15, -0.1) is 0 Å². The molecule has 1 aliphatic rings. The van der Waals surface area contributed by atoms with Crippen LogP contribution in [0.1, 0.15) is 28.8 Å². The number of piperidine rings is 1. The Morgan fingerprint density at radius 1 is 1.44 bits per heavy atom. The molecule has 1 aromatic rings. The molecule has 0 spiro atoms. The van der Waals surface area contributed by atoms with E-state index in [4.69, 9.17) is 10.5 Å². The zero-order valence-electron chi connectivity index (χ0n) is 10.7. The van der Waals surface area contributed by atoms with E-state index in [0.717, 1.165) is 37.9 Å². The van der Waals surface area contributed by atoms with Crippen molar-refractivity contribution in [1.29, 1.82) is 0 Å². The highest BCUT2D eigenvalue weighted by Gasteiger charge is 2.19. The number of hydrogen-bond donors (Lipinski definition) is 2. The van der Waals surface area contributed by atoms with Crippen LogP contribution in [0, 0.1) is 5.92 Å². The molecule has 0 unspecified atom stereocenters. The van der Waals surface area contributed by atoms with Crippen LogP contribution in [0.4, 0.5) is 5.69 Å². The average molecular weight is 248 g/mol. The van der Waals surface area contributed by atoms with Gasteiger partial charge in [0, 0.05) is 5.69 Å². The van der Waals surface area contributed by atoms with Gasteiger partial charge in [-0.25, -0.2) is 4.79 Å². The zero-order chi connectivity index (χ0) is 13.0. The van der Waals surface area contributed by atoms with Gasteiger partial charge >= 0.3 is 5.97 Å². The van der Waals surface area contributed by atoms with Crippen molar-refractivity contribution in [3.8, 4) is 0 Å². The fourth-order valence-electron chi connectivity index (χ4n) is 2.54. The van der Waals surface area contributed by atoms with E-state index in [1.165, 1.54) is 7.11 Å². The summed E-state index contributed by atoms with van der Waals surface area (Å²) in [6.45, 7) is 2.11. The molecular formula is C14H20N2O2. The molecule has 0 atom stereocenters. The van der Waals surface area contributed by atoms with Gasteiger partial charge < -0.3 is 15.8 Å². The predicted octanol–water partition coefficient (Wildman–Crippen LogP) is 1.60. The summed E-state index contributed by atoms with van der Waals surface area (Å²) in [7, 11) is 1.39. The quantitative estimate of drug-likeness (QED) is 0.630. The lowest BCUT2D eigenvalue weighted by molar-refractivity contribution is 0.0600. The predicted molar refractivity (Wildman–Crippen MR) is 71.5 cm³/mol. The van der Waals surface area contributed by atoms with E-state index in [1.807, 2.05) is 12.1 Å². The van der Waals surface area contributed by atoms with Crippen LogP contribution in [-0.2, 0) is 11.2 Å². The van der Waals surface area contributed by atoms with E-state index in [9.17, 15) is 4.79 Å². The molecule has 0 radical (unpaired) electrons. The topological polar surface area (TPSA) is 64.3 Å². The molecule has 0 aliphatic carbocycles. The van der Waals surface area contributed by atoms with Crippen molar-refractivity contribution < 1.29 is 9.53 Å². The van der Waals surface area contributed by atoms with Gasteiger partial charge in [0.1, 0.15) is 0 Å². The number of methoxy groups -OCH3 is 1. The molecule has 0 bridgehead atoms. The van der Waals surface area contributed by atoms with E-state index in [0.29, 0.717) is 17.2 Å². The first kappa shape index (κ1) is 12.9. The Labute approximate surface area is 108 Å². The van der Waals surface area contributed by atoms with Crippen molar-refractivity contribution in [2.75, 3.05) is 25.9 Å². The number of carbonyl (C=O) groups excluding carboxylic acids is 1. The van der Waals surface area contributed by atoms with Crippen molar-refractivity contribution in [2.24, 2.45) is 5.92 Å². The summed E-state index contributed by atoms with van der Waals surface area (Å²) < 4.78 is 4.82. The van der Waals surface area contributed by atoms with Crippen LogP contribution < -0.4 is 11.1 Å². The summed E-state index contributed by atoms with van der Waals surface area (Å²) in [5.41, 5.74) is 7.95. The maximum atomic E-state index is 11.8. The number of carbonyl (C=O) groups is 1. The Bertz CT molecular complexity index is 426. The van der Waals surface area contributed by atoms with Gasteiger partial charge in [-0.2, -0.15) is 0 Å². The molecule has 1 heterocycles. The lowest BCUT2D eigenvalue weighted by Gasteiger charge is -2.23. The lowest BCUT2D eigenvalue weighted by Crippen LogP contribution is -2.29. The van der Waals surface area contributed by atoms with Crippen LogP contribution in [0.25, 0.3) is 0 Å². The highest BCUT2D eigenvalue weighted by molar-refractivity contribution is 5.96. The van der Waals surface area contributed by atoms with Gasteiger partial charge in [-0.05, 0) is 49.9 Å². The average Bonchev–Trinajstić information content (AvgIpc) is 2.39. The number of nitrogen functional groups attached to an aromatic ring is 1. The Balaban J connectivity index is 2.20. The van der Waals surface area contributed by atoms with E-state index >= 15 is 0 Å². The van der Waals surface area contributed by atoms with Gasteiger partial charge in [-0.3, -0.25) is 0 Å². The molecule has 1 aromatic carbocycles. The highest BCUT2D eigenvalue weighted by atomic mass is 16.5. The Hall–Kier alpha value is -1.55. The largest absolute Gasteiger partial charge is 0.465 e. The van der Waals surface area contributed by atoms with Gasteiger partial charge in [0.15, 0.2) is 0 Å². The van der Waals surface area contributed by atoms with Gasteiger partial charge in [0.05, 0.1) is 12.7 Å². The second-order valence-corrected chi connectivity index (χ2v) is 4.77. The summed E-state index contributed by atoms with van der Waals surface area (Å²) in [4.78, 5) is 11.8. The minimum Gasteiger partial charge on any atom is -0.465 e. The van der Waals surface area contributed by atoms with Crippen LogP contribution in [0.2, 0.25) is 0 Å². The fraction of sp³-hybridized carbons (Fsp3) is 0.500. The highest BCUT2D eigenvalue weighted by Crippen LogP contribution is 2.24. The molecule has 2 rings (SSSR count). The summed E-state index contributed by atoms with van der Waals surface area (Å²) >= 11 is 0. The summed E-state index contributed by atoms with van der Waals surface area (Å²) in [6, 6.07) is 5.63. The van der Waals surface area contributed by atoms with Crippen LogP contribution in [0.5, 0.6) is 0 Å². The maximum Gasteiger partial charge on any atom is 0.340 e. The van der Waals surface area contributed by atoms with Crippen LogP contribution in [0.15, 0.2) is 18.2 Å². The van der Waals surface area contributed by atoms with E-state index in [1.54, 1.807) is 6.07 Å². The van der Waals surface area contributed by atoms with Crippen molar-refractivity contribution in [1.82, 2.24) is 5.32 Å². The van der Waals surface area contributed by atoms with Gasteiger partial charge in [0.2, 0.25) is 0 Å². The number of ether oxygens (including phenoxy) is 1. The van der Waals surface area contributed by atoms with E-state index in [2.05, 4.69) is 5.32 Å². The SMILES string of the molecule is COC(=O)c1c(N)cccc1CC1CCNCC1. The molecule has 18 heavy (non-hydrogen) atoms. The van der Waals surface area contributed by atoms with Crippen molar-refractivity contribution >= 4 is 11.7 Å². The van der Waals surface area contributed by atoms with Crippen molar-refractivity contribution in [3.05, 3.63) is 29.3 Å². The Morgan fingerprint density at radius 2 is 2.17 bits per heavy atom. The number of anilines is 1. The van der Waals surface area contributed by atoms with Crippen molar-refractivity contribution in [2.45, 2.75) is 19.3 Å².